The summed E-state index contributed by atoms with van der Waals surface area (Å²) in [5.41, 5.74) is 1.70. The van der Waals surface area contributed by atoms with Crippen molar-refractivity contribution in [2.24, 2.45) is 0 Å². The van der Waals surface area contributed by atoms with Gasteiger partial charge in [-0.25, -0.2) is 0 Å². The summed E-state index contributed by atoms with van der Waals surface area (Å²) in [6.45, 7) is 6.52. The minimum absolute atomic E-state index is 0.0178. The van der Waals surface area contributed by atoms with Gasteiger partial charge in [0.05, 0.1) is 12.3 Å². The van der Waals surface area contributed by atoms with Crippen LogP contribution >= 0.6 is 11.8 Å². The maximum Gasteiger partial charge on any atom is 0.251 e. The first-order valence-corrected chi connectivity index (χ1v) is 10.9. The molecular weight excluding hydrogens is 386 g/mol. The Bertz CT molecular complexity index is 856. The van der Waals surface area contributed by atoms with Gasteiger partial charge < -0.3 is 15.2 Å². The van der Waals surface area contributed by atoms with Crippen molar-refractivity contribution in [1.82, 2.24) is 25.4 Å². The lowest BCUT2D eigenvalue weighted by molar-refractivity contribution is -0.119. The molecule has 2 amide bonds. The predicted octanol–water partition coefficient (Wildman–Crippen LogP) is 2.85. The molecule has 154 valence electrons. The van der Waals surface area contributed by atoms with E-state index >= 15 is 0 Å². The molecule has 1 fully saturated rings. The zero-order valence-corrected chi connectivity index (χ0v) is 17.5. The Morgan fingerprint density at radius 2 is 1.97 bits per heavy atom. The highest BCUT2D eigenvalue weighted by Crippen LogP contribution is 2.20. The van der Waals surface area contributed by atoms with Gasteiger partial charge in [0.15, 0.2) is 11.0 Å². The number of nitrogens with one attached hydrogen (secondary N) is 2. The molecule has 0 aliphatic heterocycles. The Morgan fingerprint density at radius 1 is 1.24 bits per heavy atom. The normalized spacial score (nSPS) is 14.0. The average Bonchev–Trinajstić information content (AvgIpc) is 3.35. The highest BCUT2D eigenvalue weighted by Gasteiger charge is 2.19. The third kappa shape index (κ3) is 5.93. The monoisotopic (exact) mass is 413 g/mol. The van der Waals surface area contributed by atoms with Gasteiger partial charge in [0, 0.05) is 18.2 Å². The van der Waals surface area contributed by atoms with E-state index in [1.807, 2.05) is 23.6 Å². The molecule has 2 aromatic rings. The number of rotatable bonds is 9. The lowest BCUT2D eigenvalue weighted by Crippen LogP contribution is -2.33. The van der Waals surface area contributed by atoms with Gasteiger partial charge in [0.2, 0.25) is 5.91 Å². The van der Waals surface area contributed by atoms with Crippen molar-refractivity contribution in [3.05, 3.63) is 53.9 Å². The maximum absolute atomic E-state index is 12.3. The van der Waals surface area contributed by atoms with Gasteiger partial charge >= 0.3 is 0 Å². The second-order valence-corrected chi connectivity index (χ2v) is 8.13. The molecule has 1 aromatic carbocycles. The quantitative estimate of drug-likeness (QED) is 0.487. The van der Waals surface area contributed by atoms with Gasteiger partial charge in [-0.05, 0) is 31.9 Å². The number of nitrogens with zero attached hydrogens (tertiary/aromatic N) is 3. The molecule has 7 nitrogen and oxygen atoms in total. The Morgan fingerprint density at radius 3 is 2.66 bits per heavy atom. The minimum Gasteiger partial charge on any atom is -0.353 e. The van der Waals surface area contributed by atoms with Crippen LogP contribution < -0.4 is 10.6 Å². The van der Waals surface area contributed by atoms with E-state index < -0.39 is 0 Å². The van der Waals surface area contributed by atoms with E-state index in [0.717, 1.165) is 18.4 Å². The molecule has 0 saturated heterocycles. The Kier molecular flexibility index (Phi) is 7.46. The van der Waals surface area contributed by atoms with Crippen LogP contribution in [0.25, 0.3) is 0 Å². The van der Waals surface area contributed by atoms with E-state index in [1.54, 1.807) is 18.2 Å². The van der Waals surface area contributed by atoms with Crippen LogP contribution in [0.2, 0.25) is 0 Å². The standard InChI is InChI=1S/C21H27N5O2S/c1-3-12-26-18(13-22-20(28)16-10-8-15(2)9-11-16)24-25-21(26)29-14-19(27)23-17-6-4-5-7-17/h3,8-11,17H,1,4-7,12-14H2,2H3,(H,22,28)(H,23,27). The third-order valence-electron chi connectivity index (χ3n) is 4.88. The summed E-state index contributed by atoms with van der Waals surface area (Å²) in [6, 6.07) is 7.70. The fourth-order valence-corrected chi connectivity index (χ4v) is 4.08. The molecule has 0 radical (unpaired) electrons. The van der Waals surface area contributed by atoms with E-state index in [9.17, 15) is 9.59 Å². The number of aromatic nitrogens is 3. The van der Waals surface area contributed by atoms with Gasteiger partial charge in [0.1, 0.15) is 0 Å². The van der Waals surface area contributed by atoms with Crippen molar-refractivity contribution in [3.8, 4) is 0 Å². The van der Waals surface area contributed by atoms with Crippen molar-refractivity contribution < 1.29 is 9.59 Å². The number of hydrogen-bond acceptors (Lipinski definition) is 5. The molecule has 1 aliphatic carbocycles. The van der Waals surface area contributed by atoms with E-state index in [-0.39, 0.29) is 18.4 Å². The van der Waals surface area contributed by atoms with E-state index in [4.69, 9.17) is 0 Å². The number of carbonyl (C=O) groups excluding carboxylic acids is 2. The molecular formula is C21H27N5O2S. The molecule has 29 heavy (non-hydrogen) atoms. The fraction of sp³-hybridized carbons (Fsp3) is 0.429. The minimum atomic E-state index is -0.164. The number of thioether (sulfide) groups is 1. The molecule has 2 N–H and O–H groups in total. The molecule has 1 heterocycles. The van der Waals surface area contributed by atoms with Crippen LogP contribution in [-0.4, -0.2) is 38.4 Å². The van der Waals surface area contributed by atoms with Gasteiger partial charge in [0.25, 0.3) is 5.91 Å². The van der Waals surface area contributed by atoms with Crippen molar-refractivity contribution in [2.45, 2.75) is 56.9 Å². The predicted molar refractivity (Wildman–Crippen MR) is 114 cm³/mol. The van der Waals surface area contributed by atoms with Gasteiger partial charge in [-0.15, -0.1) is 16.8 Å². The summed E-state index contributed by atoms with van der Waals surface area (Å²) < 4.78 is 1.87. The van der Waals surface area contributed by atoms with Crippen molar-refractivity contribution in [1.29, 1.82) is 0 Å². The SMILES string of the molecule is C=CCn1c(CNC(=O)c2ccc(C)cc2)nnc1SCC(=O)NC1CCCC1. The number of carbonyl (C=O) groups is 2. The van der Waals surface area contributed by atoms with Gasteiger partial charge in [-0.3, -0.25) is 9.59 Å². The smallest absolute Gasteiger partial charge is 0.251 e. The molecule has 0 spiro atoms. The Labute approximate surface area is 175 Å². The molecule has 3 rings (SSSR count). The molecule has 0 bridgehead atoms. The number of benzene rings is 1. The molecule has 0 atom stereocenters. The van der Waals surface area contributed by atoms with Crippen LogP contribution in [0.1, 0.15) is 47.4 Å². The van der Waals surface area contributed by atoms with Crippen LogP contribution in [0.15, 0.2) is 42.1 Å². The molecule has 8 heteroatoms. The van der Waals surface area contributed by atoms with Gasteiger partial charge in [-0.1, -0.05) is 48.4 Å². The van der Waals surface area contributed by atoms with Crippen LogP contribution in [0, 0.1) is 6.92 Å². The Hall–Kier alpha value is -2.61. The zero-order valence-electron chi connectivity index (χ0n) is 16.7. The van der Waals surface area contributed by atoms with Crippen LogP contribution in [0.3, 0.4) is 0 Å². The second-order valence-electron chi connectivity index (χ2n) is 7.18. The lowest BCUT2D eigenvalue weighted by Gasteiger charge is -2.12. The van der Waals surface area contributed by atoms with Gasteiger partial charge in [-0.2, -0.15) is 0 Å². The summed E-state index contributed by atoms with van der Waals surface area (Å²) in [6.07, 6.45) is 6.24. The second kappa shape index (κ2) is 10.2. The molecule has 1 saturated carbocycles. The largest absolute Gasteiger partial charge is 0.353 e. The summed E-state index contributed by atoms with van der Waals surface area (Å²) in [5.74, 6) is 0.776. The van der Waals surface area contributed by atoms with E-state index in [2.05, 4.69) is 27.4 Å². The molecule has 1 aliphatic rings. The fourth-order valence-electron chi connectivity index (χ4n) is 3.30. The maximum atomic E-state index is 12.3. The third-order valence-corrected chi connectivity index (χ3v) is 5.85. The van der Waals surface area contributed by atoms with Crippen LogP contribution in [0.4, 0.5) is 0 Å². The van der Waals surface area contributed by atoms with Crippen molar-refractivity contribution >= 4 is 23.6 Å². The zero-order chi connectivity index (χ0) is 20.6. The van der Waals surface area contributed by atoms with Crippen LogP contribution in [0.5, 0.6) is 0 Å². The van der Waals surface area contributed by atoms with Crippen molar-refractivity contribution in [3.63, 3.8) is 0 Å². The summed E-state index contributed by atoms with van der Waals surface area (Å²) in [7, 11) is 0. The molecule has 0 unspecified atom stereocenters. The first-order chi connectivity index (χ1) is 14.1. The summed E-state index contributed by atoms with van der Waals surface area (Å²) in [5, 5.41) is 15.0. The van der Waals surface area contributed by atoms with E-state index in [1.165, 1.54) is 24.6 Å². The lowest BCUT2D eigenvalue weighted by atomic mass is 10.1. The average molecular weight is 414 g/mol. The number of allylic oxidation sites excluding steroid dienone is 1. The first kappa shape index (κ1) is 21.1. The summed E-state index contributed by atoms with van der Waals surface area (Å²) in [4.78, 5) is 24.5. The van der Waals surface area contributed by atoms with Crippen molar-refractivity contribution in [2.75, 3.05) is 5.75 Å². The number of hydrogen-bond donors (Lipinski definition) is 2. The number of aryl methyl sites for hydroxylation is 1. The molecule has 1 aromatic heterocycles. The first-order valence-electron chi connectivity index (χ1n) is 9.87. The van der Waals surface area contributed by atoms with E-state index in [0.29, 0.717) is 34.9 Å². The summed E-state index contributed by atoms with van der Waals surface area (Å²) >= 11 is 1.35. The highest BCUT2D eigenvalue weighted by molar-refractivity contribution is 7.99. The highest BCUT2D eigenvalue weighted by atomic mass is 32.2. The number of amides is 2. The Balaban J connectivity index is 1.57. The van der Waals surface area contributed by atoms with Crippen LogP contribution in [-0.2, 0) is 17.9 Å². The topological polar surface area (TPSA) is 88.9 Å².